The molecule has 3 aromatic carbocycles. The SMILES string of the molecule is Cc1ccc(S(=O)(=O)N2CCc3ccccc3C2CC(=O)NCc2ccc3c(c2)OCO3)cc1. The van der Waals surface area contributed by atoms with Crippen LogP contribution in [0.25, 0.3) is 0 Å². The number of carbonyl (C=O) groups excluding carboxylic acids is 1. The lowest BCUT2D eigenvalue weighted by Crippen LogP contribution is -2.42. The number of fused-ring (bicyclic) bond motifs is 2. The number of nitrogens with one attached hydrogen (secondary N) is 1. The van der Waals surface area contributed by atoms with Crippen LogP contribution >= 0.6 is 0 Å². The van der Waals surface area contributed by atoms with Crippen molar-refractivity contribution in [2.45, 2.75) is 37.2 Å². The Morgan fingerprint density at radius 3 is 2.62 bits per heavy atom. The number of carbonyl (C=O) groups is 1. The van der Waals surface area contributed by atoms with E-state index in [1.165, 1.54) is 4.31 Å². The Bertz CT molecular complexity index is 1320. The van der Waals surface area contributed by atoms with Gasteiger partial charge in [0.05, 0.1) is 10.9 Å². The van der Waals surface area contributed by atoms with Crippen LogP contribution in [-0.4, -0.2) is 32.0 Å². The smallest absolute Gasteiger partial charge is 0.243 e. The first-order valence-electron chi connectivity index (χ1n) is 11.2. The number of amides is 1. The second-order valence-corrected chi connectivity index (χ2v) is 10.5. The van der Waals surface area contributed by atoms with Crippen molar-refractivity contribution in [2.24, 2.45) is 0 Å². The van der Waals surface area contributed by atoms with Crippen LogP contribution in [0.4, 0.5) is 0 Å². The number of hydrogen-bond acceptors (Lipinski definition) is 5. The molecule has 1 amide bonds. The number of rotatable bonds is 6. The monoisotopic (exact) mass is 478 g/mol. The first-order valence-corrected chi connectivity index (χ1v) is 12.7. The standard InChI is InChI=1S/C26H26N2O5S/c1-18-6-9-21(10-7-18)34(30,31)28-13-12-20-4-2-3-5-22(20)23(28)15-26(29)27-16-19-8-11-24-25(14-19)33-17-32-24/h2-11,14,23H,12-13,15-17H2,1H3,(H,27,29). The molecular weight excluding hydrogens is 452 g/mol. The van der Waals surface area contributed by atoms with Crippen molar-refractivity contribution >= 4 is 15.9 Å². The van der Waals surface area contributed by atoms with E-state index < -0.39 is 16.1 Å². The van der Waals surface area contributed by atoms with Crippen LogP contribution in [0.1, 0.15) is 34.7 Å². The summed E-state index contributed by atoms with van der Waals surface area (Å²) in [5.41, 5.74) is 3.82. The van der Waals surface area contributed by atoms with E-state index >= 15 is 0 Å². The van der Waals surface area contributed by atoms with Gasteiger partial charge in [-0.15, -0.1) is 0 Å². The average molecular weight is 479 g/mol. The van der Waals surface area contributed by atoms with Crippen LogP contribution in [0, 0.1) is 6.92 Å². The summed E-state index contributed by atoms with van der Waals surface area (Å²) in [5.74, 6) is 1.12. The Morgan fingerprint density at radius 2 is 1.79 bits per heavy atom. The maximum absolute atomic E-state index is 13.6. The van der Waals surface area contributed by atoms with Gasteiger partial charge < -0.3 is 14.8 Å². The van der Waals surface area contributed by atoms with Gasteiger partial charge in [-0.25, -0.2) is 8.42 Å². The lowest BCUT2D eigenvalue weighted by Gasteiger charge is -2.36. The van der Waals surface area contributed by atoms with Gasteiger partial charge in [-0.1, -0.05) is 48.0 Å². The molecule has 0 saturated heterocycles. The van der Waals surface area contributed by atoms with Crippen molar-refractivity contribution in [3.63, 3.8) is 0 Å². The molecule has 0 bridgehead atoms. The highest BCUT2D eigenvalue weighted by Crippen LogP contribution is 2.36. The zero-order valence-corrected chi connectivity index (χ0v) is 19.7. The van der Waals surface area contributed by atoms with E-state index in [2.05, 4.69) is 5.32 Å². The summed E-state index contributed by atoms with van der Waals surface area (Å²) in [6.45, 7) is 2.75. The Labute approximate surface area is 199 Å². The highest BCUT2D eigenvalue weighted by atomic mass is 32.2. The minimum absolute atomic E-state index is 0.0344. The van der Waals surface area contributed by atoms with E-state index in [0.29, 0.717) is 31.0 Å². The Hall–Kier alpha value is -3.36. The second-order valence-electron chi connectivity index (χ2n) is 8.56. The summed E-state index contributed by atoms with van der Waals surface area (Å²) in [4.78, 5) is 13.2. The van der Waals surface area contributed by atoms with Gasteiger partial charge in [0.2, 0.25) is 22.7 Å². The van der Waals surface area contributed by atoms with Gasteiger partial charge in [-0.3, -0.25) is 4.79 Å². The van der Waals surface area contributed by atoms with Gasteiger partial charge in [0, 0.05) is 19.5 Å². The molecule has 34 heavy (non-hydrogen) atoms. The summed E-state index contributed by atoms with van der Waals surface area (Å²) < 4.78 is 39.3. The molecule has 0 aliphatic carbocycles. The minimum atomic E-state index is -3.77. The summed E-state index contributed by atoms with van der Waals surface area (Å²) >= 11 is 0. The molecular formula is C26H26N2O5S. The molecule has 0 radical (unpaired) electrons. The minimum Gasteiger partial charge on any atom is -0.454 e. The quantitative estimate of drug-likeness (QED) is 0.584. The first-order chi connectivity index (χ1) is 16.4. The van der Waals surface area contributed by atoms with E-state index in [0.717, 1.165) is 22.3 Å². The fraction of sp³-hybridized carbons (Fsp3) is 0.269. The van der Waals surface area contributed by atoms with Crippen LogP contribution in [0.15, 0.2) is 71.6 Å². The third-order valence-electron chi connectivity index (χ3n) is 6.30. The van der Waals surface area contributed by atoms with E-state index in [1.807, 2.05) is 49.4 Å². The molecule has 7 nitrogen and oxygen atoms in total. The summed E-state index contributed by atoms with van der Waals surface area (Å²) in [5, 5.41) is 2.93. The van der Waals surface area contributed by atoms with Crippen LogP contribution < -0.4 is 14.8 Å². The maximum atomic E-state index is 13.6. The fourth-order valence-electron chi connectivity index (χ4n) is 4.47. The van der Waals surface area contributed by atoms with Crippen LogP contribution in [0.2, 0.25) is 0 Å². The lowest BCUT2D eigenvalue weighted by atomic mass is 9.92. The van der Waals surface area contributed by atoms with Gasteiger partial charge in [0.25, 0.3) is 0 Å². The molecule has 3 aromatic rings. The predicted molar refractivity (Wildman–Crippen MR) is 127 cm³/mol. The topological polar surface area (TPSA) is 84.9 Å². The fourth-order valence-corrected chi connectivity index (χ4v) is 6.08. The maximum Gasteiger partial charge on any atom is 0.243 e. The van der Waals surface area contributed by atoms with Crippen LogP contribution in [0.3, 0.4) is 0 Å². The molecule has 176 valence electrons. The van der Waals surface area contributed by atoms with Crippen LogP contribution in [0.5, 0.6) is 11.5 Å². The molecule has 0 aromatic heterocycles. The number of sulfonamides is 1. The molecule has 5 rings (SSSR count). The largest absolute Gasteiger partial charge is 0.454 e. The van der Waals surface area contributed by atoms with Gasteiger partial charge in [0.15, 0.2) is 11.5 Å². The van der Waals surface area contributed by atoms with Crippen molar-refractivity contribution < 1.29 is 22.7 Å². The highest BCUT2D eigenvalue weighted by molar-refractivity contribution is 7.89. The van der Waals surface area contributed by atoms with E-state index in [9.17, 15) is 13.2 Å². The molecule has 0 fully saturated rings. The molecule has 8 heteroatoms. The van der Waals surface area contributed by atoms with Crippen molar-refractivity contribution in [3.05, 3.63) is 89.0 Å². The molecule has 1 N–H and O–H groups in total. The van der Waals surface area contributed by atoms with Gasteiger partial charge in [-0.2, -0.15) is 4.31 Å². The van der Waals surface area contributed by atoms with E-state index in [-0.39, 0.29) is 24.0 Å². The summed E-state index contributed by atoms with van der Waals surface area (Å²) in [7, 11) is -3.77. The van der Waals surface area contributed by atoms with Crippen molar-refractivity contribution in [1.82, 2.24) is 9.62 Å². The second kappa shape index (κ2) is 9.12. The van der Waals surface area contributed by atoms with Gasteiger partial charge in [-0.05, 0) is 54.3 Å². The van der Waals surface area contributed by atoms with Crippen molar-refractivity contribution in [2.75, 3.05) is 13.3 Å². The van der Waals surface area contributed by atoms with E-state index in [1.54, 1.807) is 24.3 Å². The third-order valence-corrected chi connectivity index (χ3v) is 8.22. The highest BCUT2D eigenvalue weighted by Gasteiger charge is 2.37. The average Bonchev–Trinajstić information content (AvgIpc) is 3.31. The van der Waals surface area contributed by atoms with Crippen molar-refractivity contribution in [1.29, 1.82) is 0 Å². The normalized spacial score (nSPS) is 17.3. The number of benzene rings is 3. The number of ether oxygens (including phenoxy) is 2. The Morgan fingerprint density at radius 1 is 1.03 bits per heavy atom. The number of nitrogens with zero attached hydrogens (tertiary/aromatic N) is 1. The predicted octanol–water partition coefficient (Wildman–Crippen LogP) is 3.72. The Kier molecular flexibility index (Phi) is 6.02. The lowest BCUT2D eigenvalue weighted by molar-refractivity contribution is -0.122. The van der Waals surface area contributed by atoms with E-state index in [4.69, 9.17) is 9.47 Å². The van der Waals surface area contributed by atoms with Gasteiger partial charge in [0.1, 0.15) is 0 Å². The molecule has 1 atom stereocenters. The summed E-state index contributed by atoms with van der Waals surface area (Å²) in [6, 6.07) is 19.5. The molecule has 0 saturated carbocycles. The first kappa shape index (κ1) is 22.4. The zero-order chi connectivity index (χ0) is 23.7. The molecule has 2 aliphatic heterocycles. The Balaban J connectivity index is 1.37. The number of hydrogen-bond donors (Lipinski definition) is 1. The number of aryl methyl sites for hydroxylation is 1. The molecule has 2 heterocycles. The van der Waals surface area contributed by atoms with Crippen LogP contribution in [-0.2, 0) is 27.8 Å². The molecule has 2 aliphatic rings. The zero-order valence-electron chi connectivity index (χ0n) is 18.9. The summed E-state index contributed by atoms with van der Waals surface area (Å²) in [6.07, 6.45) is 0.642. The molecule has 1 unspecified atom stereocenters. The van der Waals surface area contributed by atoms with Crippen molar-refractivity contribution in [3.8, 4) is 11.5 Å². The molecule has 0 spiro atoms. The third kappa shape index (κ3) is 4.38. The van der Waals surface area contributed by atoms with Gasteiger partial charge >= 0.3 is 0 Å².